The van der Waals surface area contributed by atoms with Crippen LogP contribution in [0.3, 0.4) is 0 Å². The minimum atomic E-state index is 0.214. The maximum Gasteiger partial charge on any atom is 0.165 e. The van der Waals surface area contributed by atoms with Crippen LogP contribution in [0.1, 0.15) is 18.1 Å². The minimum Gasteiger partial charge on any atom is -0.492 e. The van der Waals surface area contributed by atoms with Crippen LogP contribution in [-0.2, 0) is 12.0 Å². The van der Waals surface area contributed by atoms with Gasteiger partial charge in [-0.05, 0) is 25.0 Å². The molecule has 1 aliphatic carbocycles. The van der Waals surface area contributed by atoms with Crippen LogP contribution >= 0.6 is 0 Å². The summed E-state index contributed by atoms with van der Waals surface area (Å²) in [6.45, 7) is 2.21. The van der Waals surface area contributed by atoms with E-state index >= 15 is 0 Å². The molecular formula is C10H12N2O. The number of rotatable bonds is 1. The number of methoxy groups -OCH3 is 1. The Labute approximate surface area is 76.9 Å². The van der Waals surface area contributed by atoms with Gasteiger partial charge in [-0.2, -0.15) is 0 Å². The smallest absolute Gasteiger partial charge is 0.165 e. The van der Waals surface area contributed by atoms with Crippen LogP contribution in [-0.4, -0.2) is 7.11 Å². The molecule has 1 unspecified atom stereocenters. The SMILES string of the molecule is COc1c(N)cc2c3c1NC3(C)C2. The predicted octanol–water partition coefficient (Wildman–Crippen LogP) is 1.47. The van der Waals surface area contributed by atoms with Crippen LogP contribution in [0.2, 0.25) is 0 Å². The Bertz CT molecular complexity index is 400. The zero-order chi connectivity index (χ0) is 9.22. The van der Waals surface area contributed by atoms with E-state index in [0.29, 0.717) is 0 Å². The Morgan fingerprint density at radius 3 is 3.00 bits per heavy atom. The van der Waals surface area contributed by atoms with Gasteiger partial charge in [0.25, 0.3) is 0 Å². The summed E-state index contributed by atoms with van der Waals surface area (Å²) in [6.07, 6.45) is 1.09. The molecule has 0 saturated carbocycles. The summed E-state index contributed by atoms with van der Waals surface area (Å²) in [7, 11) is 1.66. The highest BCUT2D eigenvalue weighted by Gasteiger charge is 2.50. The van der Waals surface area contributed by atoms with Gasteiger partial charge in [-0.25, -0.2) is 0 Å². The van der Waals surface area contributed by atoms with Gasteiger partial charge in [0.15, 0.2) is 5.75 Å². The average Bonchev–Trinajstić information content (AvgIpc) is 2.01. The first-order valence-corrected chi connectivity index (χ1v) is 4.44. The van der Waals surface area contributed by atoms with Gasteiger partial charge in [-0.15, -0.1) is 0 Å². The summed E-state index contributed by atoms with van der Waals surface area (Å²) in [4.78, 5) is 0. The van der Waals surface area contributed by atoms with Crippen molar-refractivity contribution < 1.29 is 4.74 Å². The van der Waals surface area contributed by atoms with E-state index in [2.05, 4.69) is 12.2 Å². The van der Waals surface area contributed by atoms with Gasteiger partial charge in [0.2, 0.25) is 0 Å². The summed E-state index contributed by atoms with van der Waals surface area (Å²) < 4.78 is 5.24. The summed E-state index contributed by atoms with van der Waals surface area (Å²) in [6, 6.07) is 2.03. The standard InChI is InChI=1S/C10H12N2O/c1-10-4-5-3-6(11)9(13-2)8(12-10)7(5)10/h3,12H,4,11H2,1-2H3. The number of nitrogens with one attached hydrogen (secondary N) is 1. The first kappa shape index (κ1) is 7.06. The van der Waals surface area contributed by atoms with Gasteiger partial charge in [-0.1, -0.05) is 0 Å². The van der Waals surface area contributed by atoms with Crippen molar-refractivity contribution >= 4 is 11.4 Å². The summed E-state index contributed by atoms with van der Waals surface area (Å²) in [5.41, 5.74) is 10.7. The Kier molecular flexibility index (Phi) is 0.957. The molecule has 1 heterocycles. The molecule has 0 fully saturated rings. The van der Waals surface area contributed by atoms with Crippen molar-refractivity contribution in [3.63, 3.8) is 0 Å². The van der Waals surface area contributed by atoms with Gasteiger partial charge >= 0.3 is 0 Å². The van der Waals surface area contributed by atoms with E-state index < -0.39 is 0 Å². The lowest BCUT2D eigenvalue weighted by molar-refractivity contribution is 0.386. The van der Waals surface area contributed by atoms with Crippen molar-refractivity contribution in [1.29, 1.82) is 0 Å². The Balaban J connectivity index is 2.27. The van der Waals surface area contributed by atoms with E-state index in [9.17, 15) is 0 Å². The van der Waals surface area contributed by atoms with E-state index in [-0.39, 0.29) is 5.54 Å². The number of hydrogen-bond acceptors (Lipinski definition) is 3. The summed E-state index contributed by atoms with van der Waals surface area (Å²) >= 11 is 0. The molecule has 1 aromatic carbocycles. The summed E-state index contributed by atoms with van der Waals surface area (Å²) in [5.74, 6) is 0.802. The van der Waals surface area contributed by atoms with E-state index in [1.807, 2.05) is 6.07 Å². The topological polar surface area (TPSA) is 47.3 Å². The fourth-order valence-electron chi connectivity index (χ4n) is 2.54. The van der Waals surface area contributed by atoms with Crippen LogP contribution in [0.15, 0.2) is 6.07 Å². The van der Waals surface area contributed by atoms with Gasteiger partial charge in [0.1, 0.15) is 0 Å². The van der Waals surface area contributed by atoms with E-state index in [4.69, 9.17) is 10.5 Å². The van der Waals surface area contributed by atoms with E-state index in [1.54, 1.807) is 7.11 Å². The highest BCUT2D eigenvalue weighted by molar-refractivity contribution is 5.86. The van der Waals surface area contributed by atoms with Crippen molar-refractivity contribution in [2.75, 3.05) is 18.2 Å². The molecule has 3 nitrogen and oxygen atoms in total. The van der Waals surface area contributed by atoms with Crippen molar-refractivity contribution in [2.24, 2.45) is 0 Å². The van der Waals surface area contributed by atoms with Gasteiger partial charge in [0, 0.05) is 5.56 Å². The molecule has 2 aliphatic rings. The summed E-state index contributed by atoms with van der Waals surface area (Å²) in [5, 5.41) is 3.39. The molecule has 1 aromatic rings. The molecule has 13 heavy (non-hydrogen) atoms. The number of hydrogen-bond donors (Lipinski definition) is 2. The highest BCUT2D eigenvalue weighted by Crippen LogP contribution is 2.58. The van der Waals surface area contributed by atoms with Crippen molar-refractivity contribution in [2.45, 2.75) is 18.9 Å². The molecule has 0 bridgehead atoms. The van der Waals surface area contributed by atoms with Crippen LogP contribution in [0.4, 0.5) is 11.4 Å². The number of benzene rings is 1. The molecule has 0 radical (unpaired) electrons. The second-order valence-corrected chi connectivity index (χ2v) is 4.04. The lowest BCUT2D eigenvalue weighted by atomic mass is 9.65. The quantitative estimate of drug-likeness (QED) is 0.637. The third-order valence-corrected chi connectivity index (χ3v) is 3.09. The second-order valence-electron chi connectivity index (χ2n) is 4.04. The van der Waals surface area contributed by atoms with Crippen LogP contribution in [0, 0.1) is 0 Å². The first-order valence-electron chi connectivity index (χ1n) is 4.44. The van der Waals surface area contributed by atoms with Crippen molar-refractivity contribution in [3.8, 4) is 5.75 Å². The van der Waals surface area contributed by atoms with Gasteiger partial charge in [0.05, 0.1) is 24.0 Å². The molecule has 3 rings (SSSR count). The second kappa shape index (κ2) is 1.76. The van der Waals surface area contributed by atoms with Crippen LogP contribution in [0.5, 0.6) is 5.75 Å². The normalized spacial score (nSPS) is 26.6. The molecule has 3 heteroatoms. The average molecular weight is 176 g/mol. The Morgan fingerprint density at radius 1 is 1.62 bits per heavy atom. The molecule has 1 atom stereocenters. The first-order chi connectivity index (χ1) is 6.15. The zero-order valence-corrected chi connectivity index (χ0v) is 7.77. The van der Waals surface area contributed by atoms with E-state index in [1.165, 1.54) is 11.1 Å². The number of ether oxygens (including phenoxy) is 1. The van der Waals surface area contributed by atoms with Gasteiger partial charge in [-0.3, -0.25) is 0 Å². The van der Waals surface area contributed by atoms with Gasteiger partial charge < -0.3 is 15.8 Å². The van der Waals surface area contributed by atoms with Crippen molar-refractivity contribution in [3.05, 3.63) is 17.2 Å². The lowest BCUT2D eigenvalue weighted by Gasteiger charge is -2.53. The lowest BCUT2D eigenvalue weighted by Crippen LogP contribution is -2.51. The van der Waals surface area contributed by atoms with Crippen LogP contribution < -0.4 is 15.8 Å². The fourth-order valence-corrected chi connectivity index (χ4v) is 2.54. The molecule has 68 valence electrons. The third-order valence-electron chi connectivity index (χ3n) is 3.09. The molecule has 1 aliphatic heterocycles. The number of nitrogens with two attached hydrogens (primary N) is 1. The van der Waals surface area contributed by atoms with Crippen LogP contribution in [0.25, 0.3) is 0 Å². The molecular weight excluding hydrogens is 164 g/mol. The Hall–Kier alpha value is -1.38. The molecule has 0 spiro atoms. The largest absolute Gasteiger partial charge is 0.492 e. The predicted molar refractivity (Wildman–Crippen MR) is 52.1 cm³/mol. The highest BCUT2D eigenvalue weighted by atomic mass is 16.5. The molecule has 0 saturated heterocycles. The zero-order valence-electron chi connectivity index (χ0n) is 7.77. The third kappa shape index (κ3) is 0.588. The molecule has 3 N–H and O–H groups in total. The maximum absolute atomic E-state index is 5.84. The Morgan fingerprint density at radius 2 is 2.38 bits per heavy atom. The number of nitrogen functional groups attached to an aromatic ring is 1. The van der Waals surface area contributed by atoms with E-state index in [0.717, 1.165) is 23.5 Å². The molecule has 0 aromatic heterocycles. The van der Waals surface area contributed by atoms with Crippen molar-refractivity contribution in [1.82, 2.24) is 0 Å². The number of anilines is 2. The monoisotopic (exact) mass is 176 g/mol. The minimum absolute atomic E-state index is 0.214. The fraction of sp³-hybridized carbons (Fsp3) is 0.400. The molecule has 0 amide bonds. The maximum atomic E-state index is 5.84.